The number of nitrogens with one attached hydrogen (secondary N) is 2. The fraction of sp³-hybridized carbons (Fsp3) is 0.273. The first-order chi connectivity index (χ1) is 8.70. The Bertz CT molecular complexity index is 861. The van der Waals surface area contributed by atoms with Crippen molar-refractivity contribution >= 4 is 21.0 Å². The van der Waals surface area contributed by atoms with Crippen molar-refractivity contribution < 1.29 is 13.0 Å². The Morgan fingerprint density at radius 2 is 1.79 bits per heavy atom. The summed E-state index contributed by atoms with van der Waals surface area (Å²) in [6.45, 7) is 3.54. The van der Waals surface area contributed by atoms with E-state index >= 15 is 0 Å². The molecule has 0 aliphatic heterocycles. The summed E-state index contributed by atoms with van der Waals surface area (Å²) in [7, 11) is -4.41. The van der Waals surface area contributed by atoms with E-state index in [0.717, 1.165) is 6.07 Å². The van der Waals surface area contributed by atoms with Gasteiger partial charge in [0.2, 0.25) is 0 Å². The molecule has 0 saturated carbocycles. The molecular formula is C11H12N2O5S. The molecule has 0 radical (unpaired) electrons. The summed E-state index contributed by atoms with van der Waals surface area (Å²) < 4.78 is 31.5. The van der Waals surface area contributed by atoms with E-state index in [-0.39, 0.29) is 21.7 Å². The zero-order valence-electron chi connectivity index (χ0n) is 10.2. The molecule has 2 aromatic rings. The highest BCUT2D eigenvalue weighted by Crippen LogP contribution is 2.25. The van der Waals surface area contributed by atoms with Crippen LogP contribution in [0.4, 0.5) is 0 Å². The maximum Gasteiger partial charge on any atom is 0.326 e. The Kier molecular flexibility index (Phi) is 3.07. The van der Waals surface area contributed by atoms with Crippen LogP contribution in [0, 0.1) is 0 Å². The number of aromatic nitrogens is 2. The third kappa shape index (κ3) is 2.45. The van der Waals surface area contributed by atoms with Gasteiger partial charge in [-0.15, -0.1) is 0 Å². The van der Waals surface area contributed by atoms with E-state index < -0.39 is 21.4 Å². The van der Waals surface area contributed by atoms with Crippen molar-refractivity contribution in [3.05, 3.63) is 38.5 Å². The van der Waals surface area contributed by atoms with Crippen LogP contribution in [0.3, 0.4) is 0 Å². The lowest BCUT2D eigenvalue weighted by Gasteiger charge is -2.10. The number of hydrogen-bond acceptors (Lipinski definition) is 4. The van der Waals surface area contributed by atoms with Crippen LogP contribution in [0.15, 0.2) is 26.6 Å². The second-order valence-electron chi connectivity index (χ2n) is 4.47. The molecule has 0 saturated heterocycles. The van der Waals surface area contributed by atoms with E-state index in [0.29, 0.717) is 5.56 Å². The Morgan fingerprint density at radius 1 is 1.16 bits per heavy atom. The molecule has 1 aromatic carbocycles. The van der Waals surface area contributed by atoms with Gasteiger partial charge in [0.05, 0.1) is 15.8 Å². The number of H-pyrrole nitrogens is 2. The average Bonchev–Trinajstić information content (AvgIpc) is 2.25. The molecule has 0 bridgehead atoms. The highest BCUT2D eigenvalue weighted by atomic mass is 32.2. The van der Waals surface area contributed by atoms with Gasteiger partial charge in [-0.2, -0.15) is 8.42 Å². The number of aromatic amines is 2. The molecule has 0 atom stereocenters. The van der Waals surface area contributed by atoms with Crippen molar-refractivity contribution in [3.63, 3.8) is 0 Å². The molecule has 19 heavy (non-hydrogen) atoms. The molecule has 8 heteroatoms. The second-order valence-corrected chi connectivity index (χ2v) is 5.89. The normalized spacial score (nSPS) is 12.2. The maximum atomic E-state index is 11.8. The molecule has 0 aliphatic carbocycles. The summed E-state index contributed by atoms with van der Waals surface area (Å²) >= 11 is 0. The molecule has 0 aliphatic rings. The Hall–Kier alpha value is -1.93. The largest absolute Gasteiger partial charge is 0.326 e. The van der Waals surface area contributed by atoms with Gasteiger partial charge < -0.3 is 4.98 Å². The highest BCUT2D eigenvalue weighted by Gasteiger charge is 2.17. The molecule has 1 heterocycles. The summed E-state index contributed by atoms with van der Waals surface area (Å²) in [4.78, 5) is 27.1. The van der Waals surface area contributed by atoms with Crippen LogP contribution >= 0.6 is 0 Å². The van der Waals surface area contributed by atoms with Crippen molar-refractivity contribution in [3.8, 4) is 0 Å². The van der Waals surface area contributed by atoms with Crippen molar-refractivity contribution in [2.45, 2.75) is 24.7 Å². The lowest BCUT2D eigenvalue weighted by Crippen LogP contribution is -2.23. The van der Waals surface area contributed by atoms with Gasteiger partial charge in [-0.1, -0.05) is 13.8 Å². The lowest BCUT2D eigenvalue weighted by molar-refractivity contribution is 0.483. The Morgan fingerprint density at radius 3 is 2.32 bits per heavy atom. The Balaban J connectivity index is 3.05. The molecular weight excluding hydrogens is 272 g/mol. The first kappa shape index (κ1) is 13.5. The summed E-state index contributed by atoms with van der Waals surface area (Å²) in [6, 6.07) is 2.29. The first-order valence-electron chi connectivity index (χ1n) is 5.48. The standard InChI is InChI=1S/C11H12N2O5S/c1-5(2)7-3-6(19(16,17)18)4-8-9(7)10(14)13-11(15)12-8/h3-5H,1-2H3,(H,16,17,18)(H2,12,13,14,15). The number of fused-ring (bicyclic) bond motifs is 1. The minimum Gasteiger partial charge on any atom is -0.307 e. The molecule has 0 amide bonds. The van der Waals surface area contributed by atoms with Gasteiger partial charge in [0.1, 0.15) is 0 Å². The summed E-state index contributed by atoms with van der Waals surface area (Å²) in [5.41, 5.74) is -0.820. The zero-order chi connectivity index (χ0) is 14.4. The SMILES string of the molecule is CC(C)c1cc(S(=O)(=O)O)cc2[nH]c(=O)[nH]c(=O)c12. The summed E-state index contributed by atoms with van der Waals surface area (Å²) in [6.07, 6.45) is 0. The second kappa shape index (κ2) is 4.32. The summed E-state index contributed by atoms with van der Waals surface area (Å²) in [5, 5.41) is 0.210. The van der Waals surface area contributed by atoms with Crippen molar-refractivity contribution in [1.29, 1.82) is 0 Å². The molecule has 3 N–H and O–H groups in total. The Labute approximate surface area is 108 Å². The van der Waals surface area contributed by atoms with Crippen LogP contribution in [0.2, 0.25) is 0 Å². The average molecular weight is 284 g/mol. The van der Waals surface area contributed by atoms with E-state index in [9.17, 15) is 18.0 Å². The quantitative estimate of drug-likeness (QED) is 0.697. The summed E-state index contributed by atoms with van der Waals surface area (Å²) in [5.74, 6) is -0.156. The lowest BCUT2D eigenvalue weighted by atomic mass is 9.99. The zero-order valence-corrected chi connectivity index (χ0v) is 11.0. The minimum atomic E-state index is -4.41. The number of rotatable bonds is 2. The fourth-order valence-electron chi connectivity index (χ4n) is 1.91. The predicted octanol–water partition coefficient (Wildman–Crippen LogP) is 0.587. The molecule has 0 spiro atoms. The third-order valence-corrected chi connectivity index (χ3v) is 3.60. The van der Waals surface area contributed by atoms with Crippen molar-refractivity contribution in [2.75, 3.05) is 0 Å². The van der Waals surface area contributed by atoms with Gasteiger partial charge >= 0.3 is 5.69 Å². The van der Waals surface area contributed by atoms with Crippen LogP contribution in [-0.4, -0.2) is 22.9 Å². The van der Waals surface area contributed by atoms with E-state index in [1.54, 1.807) is 13.8 Å². The van der Waals surface area contributed by atoms with Crippen LogP contribution in [0.25, 0.3) is 10.9 Å². The van der Waals surface area contributed by atoms with Crippen LogP contribution < -0.4 is 11.2 Å². The highest BCUT2D eigenvalue weighted by molar-refractivity contribution is 7.85. The van der Waals surface area contributed by atoms with Crippen LogP contribution in [-0.2, 0) is 10.1 Å². The topological polar surface area (TPSA) is 120 Å². The van der Waals surface area contributed by atoms with Gasteiger partial charge in [0.25, 0.3) is 15.7 Å². The molecule has 102 valence electrons. The third-order valence-electron chi connectivity index (χ3n) is 2.76. The van der Waals surface area contributed by atoms with E-state index in [1.807, 2.05) is 0 Å². The van der Waals surface area contributed by atoms with Crippen LogP contribution in [0.5, 0.6) is 0 Å². The monoisotopic (exact) mass is 284 g/mol. The van der Waals surface area contributed by atoms with Crippen LogP contribution in [0.1, 0.15) is 25.3 Å². The minimum absolute atomic E-state index is 0.0765. The van der Waals surface area contributed by atoms with Gasteiger partial charge in [0.15, 0.2) is 0 Å². The predicted molar refractivity (Wildman–Crippen MR) is 69.1 cm³/mol. The van der Waals surface area contributed by atoms with E-state index in [1.165, 1.54) is 6.07 Å². The molecule has 0 unspecified atom stereocenters. The molecule has 7 nitrogen and oxygen atoms in total. The van der Waals surface area contributed by atoms with E-state index in [4.69, 9.17) is 4.55 Å². The molecule has 1 aromatic heterocycles. The van der Waals surface area contributed by atoms with Gasteiger partial charge in [-0.05, 0) is 23.6 Å². The van der Waals surface area contributed by atoms with Gasteiger partial charge in [-0.25, -0.2) is 4.79 Å². The van der Waals surface area contributed by atoms with Gasteiger partial charge in [0, 0.05) is 0 Å². The molecule has 0 fully saturated rings. The molecule has 2 rings (SSSR count). The number of hydrogen-bond donors (Lipinski definition) is 3. The first-order valence-corrected chi connectivity index (χ1v) is 6.92. The fourth-order valence-corrected chi connectivity index (χ4v) is 2.46. The number of benzene rings is 1. The smallest absolute Gasteiger partial charge is 0.307 e. The van der Waals surface area contributed by atoms with Crippen molar-refractivity contribution in [2.24, 2.45) is 0 Å². The maximum absolute atomic E-state index is 11.8. The van der Waals surface area contributed by atoms with E-state index in [2.05, 4.69) is 9.97 Å². The van der Waals surface area contributed by atoms with Crippen molar-refractivity contribution in [1.82, 2.24) is 9.97 Å². The van der Waals surface area contributed by atoms with Gasteiger partial charge in [-0.3, -0.25) is 14.3 Å².